The van der Waals surface area contributed by atoms with E-state index in [2.05, 4.69) is 17.0 Å². The molecule has 1 heterocycles. The third-order valence-corrected chi connectivity index (χ3v) is 2.77. The smallest absolute Gasteiger partial charge is 0.219 e. The first-order chi connectivity index (χ1) is 8.74. The van der Waals surface area contributed by atoms with Gasteiger partial charge in [-0.15, -0.1) is 5.10 Å². The third-order valence-electron chi connectivity index (χ3n) is 2.77. The van der Waals surface area contributed by atoms with E-state index in [0.717, 1.165) is 30.7 Å². The molecule has 0 bridgehead atoms. The van der Waals surface area contributed by atoms with E-state index in [9.17, 15) is 0 Å². The van der Waals surface area contributed by atoms with Crippen LogP contribution in [0.15, 0.2) is 24.3 Å². The third kappa shape index (κ3) is 2.61. The van der Waals surface area contributed by atoms with E-state index in [0.29, 0.717) is 11.8 Å². The minimum Gasteiger partial charge on any atom is -0.497 e. The first-order valence-corrected chi connectivity index (χ1v) is 6.09. The molecule has 2 N–H and O–H groups in total. The molecule has 2 aromatic rings. The van der Waals surface area contributed by atoms with Crippen molar-refractivity contribution >= 4 is 5.95 Å². The molecule has 0 spiro atoms. The maximum atomic E-state index is 5.84. The normalized spacial score (nSPS) is 10.6. The largest absolute Gasteiger partial charge is 0.497 e. The molecule has 0 fully saturated rings. The number of methoxy groups -OCH3 is 1. The maximum Gasteiger partial charge on any atom is 0.219 e. The van der Waals surface area contributed by atoms with Gasteiger partial charge < -0.3 is 10.5 Å². The number of nitrogen functional groups attached to an aromatic ring is 1. The number of rotatable bonds is 5. The van der Waals surface area contributed by atoms with Crippen molar-refractivity contribution in [3.63, 3.8) is 0 Å². The number of aryl methyl sites for hydroxylation is 1. The highest BCUT2D eigenvalue weighted by molar-refractivity contribution is 5.57. The molecule has 0 unspecified atom stereocenters. The summed E-state index contributed by atoms with van der Waals surface area (Å²) in [6.07, 6.45) is 2.16. The summed E-state index contributed by atoms with van der Waals surface area (Å²) in [5.41, 5.74) is 6.78. The molecule has 1 aromatic carbocycles. The molecule has 18 heavy (non-hydrogen) atoms. The molecule has 96 valence electrons. The molecule has 2 rings (SSSR count). The summed E-state index contributed by atoms with van der Waals surface area (Å²) in [4.78, 5) is 4.28. The number of hydrogen-bond donors (Lipinski definition) is 1. The van der Waals surface area contributed by atoms with E-state index in [1.807, 2.05) is 24.3 Å². The van der Waals surface area contributed by atoms with Gasteiger partial charge in [0.05, 0.1) is 7.11 Å². The summed E-state index contributed by atoms with van der Waals surface area (Å²) in [7, 11) is 1.64. The van der Waals surface area contributed by atoms with E-state index in [1.165, 1.54) is 0 Å². The van der Waals surface area contributed by atoms with Crippen molar-refractivity contribution in [2.24, 2.45) is 0 Å². The van der Waals surface area contributed by atoms with Crippen molar-refractivity contribution in [2.45, 2.75) is 26.3 Å². The molecule has 0 saturated heterocycles. The lowest BCUT2D eigenvalue weighted by Gasteiger charge is -2.00. The zero-order chi connectivity index (χ0) is 13.0. The van der Waals surface area contributed by atoms with Crippen LogP contribution in [-0.4, -0.2) is 21.9 Å². The van der Waals surface area contributed by atoms with Crippen LogP contribution in [0.5, 0.6) is 5.75 Å². The van der Waals surface area contributed by atoms with Gasteiger partial charge in [-0.1, -0.05) is 13.3 Å². The average molecular weight is 246 g/mol. The summed E-state index contributed by atoms with van der Waals surface area (Å²) < 4.78 is 6.87. The van der Waals surface area contributed by atoms with Crippen molar-refractivity contribution in [3.05, 3.63) is 24.3 Å². The quantitative estimate of drug-likeness (QED) is 0.879. The van der Waals surface area contributed by atoms with Gasteiger partial charge in [-0.3, -0.25) is 0 Å². The molecular formula is C13H18N4O. The van der Waals surface area contributed by atoms with Crippen molar-refractivity contribution in [2.75, 3.05) is 12.8 Å². The lowest BCUT2D eigenvalue weighted by atomic mass is 10.2. The molecule has 0 aliphatic rings. The molecule has 5 nitrogen and oxygen atoms in total. The van der Waals surface area contributed by atoms with Gasteiger partial charge in [-0.2, -0.15) is 4.98 Å². The number of anilines is 1. The Bertz CT molecular complexity index is 504. The summed E-state index contributed by atoms with van der Waals surface area (Å²) in [5.74, 6) is 1.94. The van der Waals surface area contributed by atoms with Crippen LogP contribution in [0, 0.1) is 0 Å². The second kappa shape index (κ2) is 5.53. The fourth-order valence-corrected chi connectivity index (χ4v) is 1.69. The van der Waals surface area contributed by atoms with E-state index in [-0.39, 0.29) is 0 Å². The molecule has 0 radical (unpaired) electrons. The number of nitrogens with two attached hydrogens (primary N) is 1. The molecular weight excluding hydrogens is 228 g/mol. The number of hydrogen-bond acceptors (Lipinski definition) is 4. The Kier molecular flexibility index (Phi) is 3.82. The Morgan fingerprint density at radius 1 is 1.28 bits per heavy atom. The molecule has 0 aliphatic heterocycles. The molecule has 5 heteroatoms. The zero-order valence-corrected chi connectivity index (χ0v) is 10.8. The standard InChI is InChI=1S/C13H18N4O/c1-3-4-9-17-13(14)15-12(16-17)10-5-7-11(18-2)8-6-10/h5-8H,3-4,9H2,1-2H3,(H2,14,15,16). The highest BCUT2D eigenvalue weighted by atomic mass is 16.5. The second-order valence-corrected chi connectivity index (χ2v) is 4.10. The van der Waals surface area contributed by atoms with Gasteiger partial charge in [0, 0.05) is 12.1 Å². The number of benzene rings is 1. The first kappa shape index (κ1) is 12.4. The van der Waals surface area contributed by atoms with E-state index in [4.69, 9.17) is 10.5 Å². The van der Waals surface area contributed by atoms with Crippen LogP contribution in [0.4, 0.5) is 5.95 Å². The second-order valence-electron chi connectivity index (χ2n) is 4.10. The Hall–Kier alpha value is -2.04. The Morgan fingerprint density at radius 2 is 2.00 bits per heavy atom. The first-order valence-electron chi connectivity index (χ1n) is 6.09. The molecule has 0 atom stereocenters. The van der Waals surface area contributed by atoms with Crippen LogP contribution in [0.25, 0.3) is 11.4 Å². The van der Waals surface area contributed by atoms with Gasteiger partial charge in [0.15, 0.2) is 5.82 Å². The Labute approximate surface area is 107 Å². The summed E-state index contributed by atoms with van der Waals surface area (Å²) in [6.45, 7) is 2.95. The minimum absolute atomic E-state index is 0.467. The van der Waals surface area contributed by atoms with Crippen LogP contribution in [0.3, 0.4) is 0 Å². The average Bonchev–Trinajstić information content (AvgIpc) is 2.78. The van der Waals surface area contributed by atoms with Gasteiger partial charge in [0.2, 0.25) is 5.95 Å². The van der Waals surface area contributed by atoms with Crippen molar-refractivity contribution in [3.8, 4) is 17.1 Å². The van der Waals surface area contributed by atoms with Gasteiger partial charge in [-0.05, 0) is 30.7 Å². The van der Waals surface area contributed by atoms with Crippen molar-refractivity contribution < 1.29 is 4.74 Å². The van der Waals surface area contributed by atoms with E-state index >= 15 is 0 Å². The van der Waals surface area contributed by atoms with Gasteiger partial charge in [0.1, 0.15) is 5.75 Å². The van der Waals surface area contributed by atoms with Crippen LogP contribution in [-0.2, 0) is 6.54 Å². The lowest BCUT2D eigenvalue weighted by Crippen LogP contribution is -2.04. The van der Waals surface area contributed by atoms with Gasteiger partial charge in [-0.25, -0.2) is 4.68 Å². The fourth-order valence-electron chi connectivity index (χ4n) is 1.69. The van der Waals surface area contributed by atoms with Crippen LogP contribution in [0.1, 0.15) is 19.8 Å². The maximum absolute atomic E-state index is 5.84. The van der Waals surface area contributed by atoms with Crippen molar-refractivity contribution in [1.29, 1.82) is 0 Å². The Balaban J connectivity index is 2.21. The molecule has 0 saturated carbocycles. The molecule has 1 aromatic heterocycles. The fraction of sp³-hybridized carbons (Fsp3) is 0.385. The summed E-state index contributed by atoms with van der Waals surface area (Å²) in [5, 5.41) is 4.41. The predicted molar refractivity (Wildman–Crippen MR) is 71.3 cm³/mol. The predicted octanol–water partition coefficient (Wildman–Crippen LogP) is 2.34. The summed E-state index contributed by atoms with van der Waals surface area (Å²) in [6, 6.07) is 7.63. The zero-order valence-electron chi connectivity index (χ0n) is 10.8. The summed E-state index contributed by atoms with van der Waals surface area (Å²) >= 11 is 0. The van der Waals surface area contributed by atoms with Crippen molar-refractivity contribution in [1.82, 2.24) is 14.8 Å². The lowest BCUT2D eigenvalue weighted by molar-refractivity contribution is 0.415. The molecule has 0 aliphatic carbocycles. The van der Waals surface area contributed by atoms with Gasteiger partial charge in [0.25, 0.3) is 0 Å². The van der Waals surface area contributed by atoms with Gasteiger partial charge >= 0.3 is 0 Å². The minimum atomic E-state index is 0.467. The highest BCUT2D eigenvalue weighted by Crippen LogP contribution is 2.20. The highest BCUT2D eigenvalue weighted by Gasteiger charge is 2.08. The number of aromatic nitrogens is 3. The van der Waals surface area contributed by atoms with Crippen LogP contribution in [0.2, 0.25) is 0 Å². The topological polar surface area (TPSA) is 66.0 Å². The molecule has 0 amide bonds. The Morgan fingerprint density at radius 3 is 2.61 bits per heavy atom. The number of nitrogens with zero attached hydrogens (tertiary/aromatic N) is 3. The monoisotopic (exact) mass is 246 g/mol. The van der Waals surface area contributed by atoms with E-state index in [1.54, 1.807) is 11.8 Å². The van der Waals surface area contributed by atoms with Crippen LogP contribution < -0.4 is 10.5 Å². The number of ether oxygens (including phenoxy) is 1. The SMILES string of the molecule is CCCCn1nc(-c2ccc(OC)cc2)nc1N. The van der Waals surface area contributed by atoms with E-state index < -0.39 is 0 Å². The van der Waals surface area contributed by atoms with Crippen LogP contribution >= 0.6 is 0 Å². The number of unbranched alkanes of at least 4 members (excludes halogenated alkanes) is 1.